The molecule has 0 atom stereocenters. The van der Waals surface area contributed by atoms with Crippen molar-refractivity contribution in [1.82, 2.24) is 14.5 Å². The molecule has 19 heavy (non-hydrogen) atoms. The molecule has 0 aliphatic carbocycles. The highest BCUT2D eigenvalue weighted by atomic mass is 79.9. The lowest BCUT2D eigenvalue weighted by Crippen LogP contribution is -2.07. The summed E-state index contributed by atoms with van der Waals surface area (Å²) in [5.74, 6) is 2.03. The van der Waals surface area contributed by atoms with E-state index in [1.54, 1.807) is 6.20 Å². The Morgan fingerprint density at radius 2 is 1.95 bits per heavy atom. The van der Waals surface area contributed by atoms with Gasteiger partial charge < -0.3 is 0 Å². The van der Waals surface area contributed by atoms with Crippen molar-refractivity contribution in [3.63, 3.8) is 0 Å². The van der Waals surface area contributed by atoms with Crippen molar-refractivity contribution in [2.75, 3.05) is 0 Å². The van der Waals surface area contributed by atoms with E-state index in [0.717, 1.165) is 17.0 Å². The monoisotopic (exact) mass is 321 g/mol. The molecule has 102 valence electrons. The van der Waals surface area contributed by atoms with Crippen LogP contribution in [0.15, 0.2) is 29.3 Å². The van der Waals surface area contributed by atoms with Crippen LogP contribution in [0.5, 0.6) is 0 Å². The zero-order chi connectivity index (χ0) is 14.0. The number of aromatic nitrogens is 3. The SMILES string of the molecule is CC(C)Cc1nc(-n2ccnc2Br)ccc1C(C)C. The molecule has 0 radical (unpaired) electrons. The minimum Gasteiger partial charge on any atom is -0.278 e. The fourth-order valence-corrected chi connectivity index (χ4v) is 2.58. The van der Waals surface area contributed by atoms with Crippen LogP contribution in [0.2, 0.25) is 0 Å². The van der Waals surface area contributed by atoms with Gasteiger partial charge in [-0.15, -0.1) is 0 Å². The molecule has 0 N–H and O–H groups in total. The first-order valence-electron chi connectivity index (χ1n) is 6.68. The predicted octanol–water partition coefficient (Wildman–Crippen LogP) is 4.35. The molecule has 0 saturated carbocycles. The molecule has 3 nitrogen and oxygen atoms in total. The van der Waals surface area contributed by atoms with Crippen LogP contribution >= 0.6 is 15.9 Å². The Bertz CT molecular complexity index is 558. The maximum absolute atomic E-state index is 4.83. The lowest BCUT2D eigenvalue weighted by Gasteiger charge is -2.15. The van der Waals surface area contributed by atoms with Crippen LogP contribution < -0.4 is 0 Å². The highest BCUT2D eigenvalue weighted by molar-refractivity contribution is 9.10. The quantitative estimate of drug-likeness (QED) is 0.838. The molecule has 2 heterocycles. The summed E-state index contributed by atoms with van der Waals surface area (Å²) >= 11 is 3.44. The van der Waals surface area contributed by atoms with Crippen molar-refractivity contribution in [1.29, 1.82) is 0 Å². The zero-order valence-corrected chi connectivity index (χ0v) is 13.5. The fraction of sp³-hybridized carbons (Fsp3) is 0.467. The Morgan fingerprint density at radius 1 is 1.21 bits per heavy atom. The van der Waals surface area contributed by atoms with E-state index in [2.05, 4.69) is 60.7 Å². The molecule has 0 fully saturated rings. The van der Waals surface area contributed by atoms with Gasteiger partial charge in [0.2, 0.25) is 0 Å². The van der Waals surface area contributed by atoms with E-state index in [4.69, 9.17) is 4.98 Å². The summed E-state index contributed by atoms with van der Waals surface area (Å²) in [5.41, 5.74) is 2.54. The Kier molecular flexibility index (Phi) is 4.40. The molecule has 0 spiro atoms. The maximum atomic E-state index is 4.83. The van der Waals surface area contributed by atoms with E-state index in [-0.39, 0.29) is 0 Å². The van der Waals surface area contributed by atoms with Gasteiger partial charge in [-0.3, -0.25) is 4.57 Å². The van der Waals surface area contributed by atoms with E-state index in [9.17, 15) is 0 Å². The zero-order valence-electron chi connectivity index (χ0n) is 11.9. The van der Waals surface area contributed by atoms with Gasteiger partial charge in [-0.25, -0.2) is 9.97 Å². The summed E-state index contributed by atoms with van der Waals surface area (Å²) in [5, 5.41) is 0. The van der Waals surface area contributed by atoms with Gasteiger partial charge >= 0.3 is 0 Å². The molecule has 0 aromatic carbocycles. The lowest BCUT2D eigenvalue weighted by atomic mass is 9.96. The minimum atomic E-state index is 0.501. The van der Waals surface area contributed by atoms with Crippen LogP contribution in [0.4, 0.5) is 0 Å². The van der Waals surface area contributed by atoms with Crippen molar-refractivity contribution >= 4 is 15.9 Å². The predicted molar refractivity (Wildman–Crippen MR) is 81.7 cm³/mol. The van der Waals surface area contributed by atoms with Crippen LogP contribution in [0.1, 0.15) is 44.9 Å². The lowest BCUT2D eigenvalue weighted by molar-refractivity contribution is 0.623. The van der Waals surface area contributed by atoms with Crippen molar-refractivity contribution < 1.29 is 0 Å². The van der Waals surface area contributed by atoms with Crippen LogP contribution in [-0.4, -0.2) is 14.5 Å². The molecular weight excluding hydrogens is 302 g/mol. The van der Waals surface area contributed by atoms with Gasteiger partial charge in [-0.05, 0) is 45.8 Å². The Morgan fingerprint density at radius 3 is 2.47 bits per heavy atom. The normalized spacial score (nSPS) is 11.5. The van der Waals surface area contributed by atoms with Crippen LogP contribution in [0.3, 0.4) is 0 Å². The number of imidazole rings is 1. The summed E-state index contributed by atoms with van der Waals surface area (Å²) in [6.45, 7) is 8.89. The van der Waals surface area contributed by atoms with E-state index in [1.807, 2.05) is 10.8 Å². The first-order valence-corrected chi connectivity index (χ1v) is 7.47. The Labute approximate surface area is 123 Å². The Hall–Kier alpha value is -1.16. The summed E-state index contributed by atoms with van der Waals surface area (Å²) < 4.78 is 2.74. The third-order valence-electron chi connectivity index (χ3n) is 3.06. The van der Waals surface area contributed by atoms with Crippen molar-refractivity contribution in [3.8, 4) is 5.82 Å². The van der Waals surface area contributed by atoms with E-state index < -0.39 is 0 Å². The van der Waals surface area contributed by atoms with Crippen LogP contribution in [-0.2, 0) is 6.42 Å². The van der Waals surface area contributed by atoms with Gasteiger partial charge in [-0.2, -0.15) is 0 Å². The minimum absolute atomic E-state index is 0.501. The van der Waals surface area contributed by atoms with E-state index in [1.165, 1.54) is 11.3 Å². The molecule has 0 aliphatic heterocycles. The van der Waals surface area contributed by atoms with Gasteiger partial charge in [0.1, 0.15) is 5.82 Å². The molecule has 4 heteroatoms. The van der Waals surface area contributed by atoms with Crippen LogP contribution in [0, 0.1) is 5.92 Å². The molecule has 0 aliphatic rings. The maximum Gasteiger partial charge on any atom is 0.182 e. The van der Waals surface area contributed by atoms with Crippen LogP contribution in [0.25, 0.3) is 5.82 Å². The van der Waals surface area contributed by atoms with Crippen molar-refractivity contribution in [3.05, 3.63) is 40.5 Å². The van der Waals surface area contributed by atoms with E-state index >= 15 is 0 Å². The van der Waals surface area contributed by atoms with E-state index in [0.29, 0.717) is 11.8 Å². The first-order chi connectivity index (χ1) is 8.99. The van der Waals surface area contributed by atoms with Crippen molar-refractivity contribution in [2.24, 2.45) is 5.92 Å². The number of rotatable bonds is 4. The molecule has 0 amide bonds. The van der Waals surface area contributed by atoms with Gasteiger partial charge in [-0.1, -0.05) is 33.8 Å². The number of nitrogens with zero attached hydrogens (tertiary/aromatic N) is 3. The number of hydrogen-bond acceptors (Lipinski definition) is 2. The number of hydrogen-bond donors (Lipinski definition) is 0. The second kappa shape index (κ2) is 5.87. The summed E-state index contributed by atoms with van der Waals surface area (Å²) in [4.78, 5) is 9.01. The van der Waals surface area contributed by atoms with Gasteiger partial charge in [0, 0.05) is 18.1 Å². The second-order valence-electron chi connectivity index (χ2n) is 5.52. The third kappa shape index (κ3) is 3.24. The molecule has 2 rings (SSSR count). The second-order valence-corrected chi connectivity index (χ2v) is 6.23. The first kappa shape index (κ1) is 14.3. The average Bonchev–Trinajstić information content (AvgIpc) is 2.74. The molecule has 2 aromatic rings. The molecule has 0 bridgehead atoms. The van der Waals surface area contributed by atoms with Gasteiger partial charge in [0.25, 0.3) is 0 Å². The molecule has 0 unspecified atom stereocenters. The number of pyridine rings is 1. The summed E-state index contributed by atoms with van der Waals surface area (Å²) in [6.07, 6.45) is 4.69. The topological polar surface area (TPSA) is 30.7 Å². The molecule has 0 saturated heterocycles. The third-order valence-corrected chi connectivity index (χ3v) is 3.65. The van der Waals surface area contributed by atoms with Gasteiger partial charge in [0.05, 0.1) is 0 Å². The average molecular weight is 322 g/mol. The summed E-state index contributed by atoms with van der Waals surface area (Å²) in [6, 6.07) is 4.25. The number of halogens is 1. The Balaban J connectivity index is 2.46. The molecular formula is C15H20BrN3. The largest absolute Gasteiger partial charge is 0.278 e. The van der Waals surface area contributed by atoms with Gasteiger partial charge in [0.15, 0.2) is 4.73 Å². The van der Waals surface area contributed by atoms with Crippen molar-refractivity contribution in [2.45, 2.75) is 40.0 Å². The fourth-order valence-electron chi connectivity index (χ4n) is 2.17. The highest BCUT2D eigenvalue weighted by Gasteiger charge is 2.12. The highest BCUT2D eigenvalue weighted by Crippen LogP contribution is 2.23. The summed E-state index contributed by atoms with van der Waals surface area (Å²) in [7, 11) is 0. The smallest absolute Gasteiger partial charge is 0.182 e. The standard InChI is InChI=1S/C15H20BrN3/c1-10(2)9-13-12(11(3)4)5-6-14(18-13)19-8-7-17-15(19)16/h5-8,10-11H,9H2,1-4H3. The molecule has 2 aromatic heterocycles.